The summed E-state index contributed by atoms with van der Waals surface area (Å²) < 4.78 is 55.9. The molecule has 0 spiro atoms. The number of rotatable bonds is 9. The number of aryl methyl sites for hydroxylation is 1. The molecular formula is C30H31F3O2. The second kappa shape index (κ2) is 11.7. The Bertz CT molecular complexity index is 1150. The molecular weight excluding hydrogens is 449 g/mol. The molecule has 184 valence electrons. The molecule has 2 nitrogen and oxygen atoms in total. The number of hydrogen-bond acceptors (Lipinski definition) is 2. The second-order valence-corrected chi connectivity index (χ2v) is 9.05. The second-order valence-electron chi connectivity index (χ2n) is 9.05. The molecule has 0 unspecified atom stereocenters. The molecule has 1 saturated heterocycles. The fraction of sp³-hybridized carbons (Fsp3) is 0.333. The highest BCUT2D eigenvalue weighted by atomic mass is 19.2. The van der Waals surface area contributed by atoms with Crippen LogP contribution < -0.4 is 0 Å². The zero-order valence-electron chi connectivity index (χ0n) is 20.0. The van der Waals surface area contributed by atoms with Crippen molar-refractivity contribution < 1.29 is 22.6 Å². The van der Waals surface area contributed by atoms with E-state index in [2.05, 4.69) is 13.5 Å². The first-order chi connectivity index (χ1) is 17.0. The van der Waals surface area contributed by atoms with Gasteiger partial charge in [-0.3, -0.25) is 0 Å². The van der Waals surface area contributed by atoms with Gasteiger partial charge in [0.05, 0.1) is 13.2 Å². The van der Waals surface area contributed by atoms with Crippen LogP contribution in [0.25, 0.3) is 22.3 Å². The van der Waals surface area contributed by atoms with Crippen LogP contribution in [0.3, 0.4) is 0 Å². The highest BCUT2D eigenvalue weighted by molar-refractivity contribution is 5.71. The van der Waals surface area contributed by atoms with E-state index in [1.807, 2.05) is 0 Å². The molecule has 0 amide bonds. The summed E-state index contributed by atoms with van der Waals surface area (Å²) in [5.41, 5.74) is 2.79. The summed E-state index contributed by atoms with van der Waals surface area (Å²) in [6, 6.07) is 15.0. The Labute approximate surface area is 205 Å². The smallest absolute Gasteiger partial charge is 0.183 e. The lowest BCUT2D eigenvalue weighted by molar-refractivity contribution is -0.206. The standard InChI is InChI=1S/C30H31F3O2/c1-3-5-6-8-23-13-16-26(29(33)28(23)32)22-11-9-21(10-12-22)25-15-14-24(17-27(25)31)30-34-18-20(7-4-2)19-35-30/h3,9-17,20,30H,1,4-8,18-19H2,2H3. The van der Waals surface area contributed by atoms with Crippen LogP contribution in [0.15, 0.2) is 67.3 Å². The van der Waals surface area contributed by atoms with E-state index in [0.717, 1.165) is 25.7 Å². The Morgan fingerprint density at radius 2 is 1.54 bits per heavy atom. The van der Waals surface area contributed by atoms with E-state index in [4.69, 9.17) is 9.47 Å². The largest absolute Gasteiger partial charge is 0.348 e. The Kier molecular flexibility index (Phi) is 8.42. The van der Waals surface area contributed by atoms with Crippen molar-refractivity contribution in [1.82, 2.24) is 0 Å². The van der Waals surface area contributed by atoms with Crippen molar-refractivity contribution in [2.75, 3.05) is 13.2 Å². The van der Waals surface area contributed by atoms with E-state index < -0.39 is 17.9 Å². The normalized spacial score (nSPS) is 17.9. The number of unbranched alkanes of at least 4 members (excludes halogenated alkanes) is 1. The van der Waals surface area contributed by atoms with Gasteiger partial charge in [0.15, 0.2) is 17.9 Å². The maximum Gasteiger partial charge on any atom is 0.183 e. The first kappa shape index (κ1) is 25.2. The Hall–Kier alpha value is -2.89. The van der Waals surface area contributed by atoms with E-state index in [1.165, 1.54) is 6.07 Å². The molecule has 1 aliphatic rings. The quantitative estimate of drug-likeness (QED) is 0.226. The fourth-order valence-corrected chi connectivity index (χ4v) is 4.49. The fourth-order valence-electron chi connectivity index (χ4n) is 4.49. The lowest BCUT2D eigenvalue weighted by atomic mass is 9.97. The third-order valence-electron chi connectivity index (χ3n) is 6.45. The zero-order chi connectivity index (χ0) is 24.8. The molecule has 0 radical (unpaired) electrons. The summed E-state index contributed by atoms with van der Waals surface area (Å²) >= 11 is 0. The van der Waals surface area contributed by atoms with Gasteiger partial charge in [-0.05, 0) is 48.4 Å². The third kappa shape index (κ3) is 5.85. The van der Waals surface area contributed by atoms with Gasteiger partial charge in [0, 0.05) is 22.6 Å². The van der Waals surface area contributed by atoms with Crippen LogP contribution in [-0.4, -0.2) is 13.2 Å². The van der Waals surface area contributed by atoms with Crippen LogP contribution in [0, 0.1) is 23.4 Å². The molecule has 0 aliphatic carbocycles. The van der Waals surface area contributed by atoms with Gasteiger partial charge in [-0.1, -0.05) is 68.0 Å². The Balaban J connectivity index is 1.48. The molecule has 3 aromatic carbocycles. The van der Waals surface area contributed by atoms with Crippen molar-refractivity contribution in [2.45, 2.75) is 45.3 Å². The Morgan fingerprint density at radius 1 is 0.886 bits per heavy atom. The van der Waals surface area contributed by atoms with Gasteiger partial charge in [0.1, 0.15) is 5.82 Å². The number of halogens is 3. The van der Waals surface area contributed by atoms with Crippen molar-refractivity contribution in [3.8, 4) is 22.3 Å². The highest BCUT2D eigenvalue weighted by Gasteiger charge is 2.24. The van der Waals surface area contributed by atoms with Gasteiger partial charge >= 0.3 is 0 Å². The molecule has 4 rings (SSSR count). The maximum absolute atomic E-state index is 15.0. The van der Waals surface area contributed by atoms with Crippen molar-refractivity contribution in [1.29, 1.82) is 0 Å². The van der Waals surface area contributed by atoms with Crippen molar-refractivity contribution >= 4 is 0 Å². The minimum atomic E-state index is -0.863. The van der Waals surface area contributed by atoms with Crippen LogP contribution in [0.1, 0.15) is 50.0 Å². The summed E-state index contributed by atoms with van der Waals surface area (Å²) in [5.74, 6) is -1.69. The molecule has 1 heterocycles. The molecule has 1 aliphatic heterocycles. The van der Waals surface area contributed by atoms with Gasteiger partial charge in [-0.15, -0.1) is 6.58 Å². The number of benzene rings is 3. The average Bonchev–Trinajstić information content (AvgIpc) is 2.88. The van der Waals surface area contributed by atoms with Gasteiger partial charge < -0.3 is 9.47 Å². The lowest BCUT2D eigenvalue weighted by Gasteiger charge is -2.29. The molecule has 0 aromatic heterocycles. The first-order valence-corrected chi connectivity index (χ1v) is 12.2. The van der Waals surface area contributed by atoms with Gasteiger partial charge in [0.25, 0.3) is 0 Å². The van der Waals surface area contributed by atoms with Crippen LogP contribution in [-0.2, 0) is 15.9 Å². The molecule has 35 heavy (non-hydrogen) atoms. The van der Waals surface area contributed by atoms with Crippen LogP contribution >= 0.6 is 0 Å². The van der Waals surface area contributed by atoms with E-state index in [0.29, 0.717) is 53.4 Å². The van der Waals surface area contributed by atoms with Crippen LogP contribution in [0.5, 0.6) is 0 Å². The topological polar surface area (TPSA) is 18.5 Å². The molecule has 3 aromatic rings. The highest BCUT2D eigenvalue weighted by Crippen LogP contribution is 2.33. The molecule has 1 fully saturated rings. The SMILES string of the molecule is C=CCCCc1ccc(-c2ccc(-c3ccc(C4OCC(CCC)CO4)cc3F)cc2)c(F)c1F. The minimum absolute atomic E-state index is 0.185. The van der Waals surface area contributed by atoms with Gasteiger partial charge in [0.2, 0.25) is 0 Å². The average molecular weight is 481 g/mol. The molecule has 0 saturated carbocycles. The monoisotopic (exact) mass is 480 g/mol. The molecule has 5 heteroatoms. The Morgan fingerprint density at radius 3 is 2.17 bits per heavy atom. The van der Waals surface area contributed by atoms with Crippen molar-refractivity contribution in [3.63, 3.8) is 0 Å². The number of allylic oxidation sites excluding steroid dienone is 1. The summed E-state index contributed by atoms with van der Waals surface area (Å²) in [7, 11) is 0. The van der Waals surface area contributed by atoms with E-state index in [1.54, 1.807) is 54.6 Å². The van der Waals surface area contributed by atoms with Crippen LogP contribution in [0.2, 0.25) is 0 Å². The van der Waals surface area contributed by atoms with Crippen molar-refractivity contribution in [2.24, 2.45) is 5.92 Å². The first-order valence-electron chi connectivity index (χ1n) is 12.2. The summed E-state index contributed by atoms with van der Waals surface area (Å²) in [6.45, 7) is 6.99. The van der Waals surface area contributed by atoms with E-state index in [9.17, 15) is 13.2 Å². The van der Waals surface area contributed by atoms with E-state index >= 15 is 0 Å². The lowest BCUT2D eigenvalue weighted by Crippen LogP contribution is -2.27. The van der Waals surface area contributed by atoms with Crippen molar-refractivity contribution in [3.05, 3.63) is 95.8 Å². The maximum atomic E-state index is 15.0. The predicted octanol–water partition coefficient (Wildman–Crippen LogP) is 8.41. The summed E-state index contributed by atoms with van der Waals surface area (Å²) in [4.78, 5) is 0. The predicted molar refractivity (Wildman–Crippen MR) is 133 cm³/mol. The number of hydrogen-bond donors (Lipinski definition) is 0. The van der Waals surface area contributed by atoms with Gasteiger partial charge in [-0.2, -0.15) is 0 Å². The molecule has 0 bridgehead atoms. The third-order valence-corrected chi connectivity index (χ3v) is 6.45. The van der Waals surface area contributed by atoms with E-state index in [-0.39, 0.29) is 11.4 Å². The van der Waals surface area contributed by atoms with Crippen LogP contribution in [0.4, 0.5) is 13.2 Å². The molecule has 0 N–H and O–H groups in total. The minimum Gasteiger partial charge on any atom is -0.348 e. The number of ether oxygens (including phenoxy) is 2. The summed E-state index contributed by atoms with van der Waals surface area (Å²) in [6.07, 6.45) is 5.25. The zero-order valence-corrected chi connectivity index (χ0v) is 20.0. The summed E-state index contributed by atoms with van der Waals surface area (Å²) in [5, 5.41) is 0. The van der Waals surface area contributed by atoms with Gasteiger partial charge in [-0.25, -0.2) is 13.2 Å². The molecule has 0 atom stereocenters.